The van der Waals surface area contributed by atoms with Crippen LogP contribution in [-0.4, -0.2) is 11.1 Å². The molecule has 7 heteroatoms. The minimum Gasteiger partial charge on any atom is -0.489 e. The van der Waals surface area contributed by atoms with Crippen LogP contribution in [-0.2, 0) is 6.61 Å². The van der Waals surface area contributed by atoms with Gasteiger partial charge in [0.1, 0.15) is 23.5 Å². The molecule has 0 radical (unpaired) electrons. The molecule has 2 aromatic carbocycles. The number of ether oxygens (including phenoxy) is 1. The first-order chi connectivity index (χ1) is 11.4. The van der Waals surface area contributed by atoms with E-state index in [-0.39, 0.29) is 12.2 Å². The summed E-state index contributed by atoms with van der Waals surface area (Å²) in [4.78, 5) is 22.6. The standard InChI is InChI=1S/C17H10Cl2O5/c18-13-4-1-9(5-14(13)19)8-23-11-3-2-10-6-12(16(20)21)17(22)24-15(10)7-11/h1-7H,8H2,(H,20,21). The monoisotopic (exact) mass is 364 g/mol. The van der Waals surface area contributed by atoms with E-state index in [1.165, 1.54) is 12.1 Å². The lowest BCUT2D eigenvalue weighted by Crippen LogP contribution is -2.12. The van der Waals surface area contributed by atoms with Crippen LogP contribution in [0.3, 0.4) is 0 Å². The van der Waals surface area contributed by atoms with Crippen LogP contribution >= 0.6 is 23.2 Å². The third kappa shape index (κ3) is 3.37. The zero-order valence-corrected chi connectivity index (χ0v) is 13.6. The fourth-order valence-corrected chi connectivity index (χ4v) is 2.45. The van der Waals surface area contributed by atoms with Crippen LogP contribution in [0.5, 0.6) is 5.75 Å². The number of aromatic carboxylic acids is 1. The van der Waals surface area contributed by atoms with Gasteiger partial charge in [-0.1, -0.05) is 29.3 Å². The van der Waals surface area contributed by atoms with E-state index in [2.05, 4.69) is 0 Å². The summed E-state index contributed by atoms with van der Waals surface area (Å²) in [6.07, 6.45) is 0. The van der Waals surface area contributed by atoms with Crippen molar-refractivity contribution < 1.29 is 19.1 Å². The predicted octanol–water partition coefficient (Wildman–Crippen LogP) is 4.38. The maximum atomic E-state index is 11.6. The van der Waals surface area contributed by atoms with Crippen molar-refractivity contribution in [3.8, 4) is 5.75 Å². The Balaban J connectivity index is 1.85. The molecule has 0 saturated carbocycles. The van der Waals surface area contributed by atoms with Crippen LogP contribution in [0.25, 0.3) is 11.0 Å². The van der Waals surface area contributed by atoms with Gasteiger partial charge < -0.3 is 14.3 Å². The van der Waals surface area contributed by atoms with E-state index in [4.69, 9.17) is 37.5 Å². The molecule has 0 unspecified atom stereocenters. The molecule has 0 saturated heterocycles. The van der Waals surface area contributed by atoms with Crippen LogP contribution in [0.1, 0.15) is 15.9 Å². The molecule has 0 amide bonds. The fourth-order valence-electron chi connectivity index (χ4n) is 2.13. The summed E-state index contributed by atoms with van der Waals surface area (Å²) in [5, 5.41) is 10.3. The van der Waals surface area contributed by atoms with E-state index in [0.29, 0.717) is 21.2 Å². The molecular weight excluding hydrogens is 355 g/mol. The van der Waals surface area contributed by atoms with Crippen molar-refractivity contribution >= 4 is 40.1 Å². The average molecular weight is 365 g/mol. The SMILES string of the molecule is O=C(O)c1cc2ccc(OCc3ccc(Cl)c(Cl)c3)cc2oc1=O. The number of hydrogen-bond donors (Lipinski definition) is 1. The summed E-state index contributed by atoms with van der Waals surface area (Å²) in [5.41, 5.74) is -0.243. The Morgan fingerprint density at radius 3 is 2.58 bits per heavy atom. The minimum absolute atomic E-state index is 0.247. The van der Waals surface area contributed by atoms with Gasteiger partial charge in [-0.3, -0.25) is 0 Å². The van der Waals surface area contributed by atoms with Crippen LogP contribution < -0.4 is 10.4 Å². The number of halogens is 2. The normalized spacial score (nSPS) is 10.8. The molecule has 1 heterocycles. The predicted molar refractivity (Wildman–Crippen MR) is 90.2 cm³/mol. The van der Waals surface area contributed by atoms with Crippen molar-refractivity contribution in [2.45, 2.75) is 6.61 Å². The highest BCUT2D eigenvalue weighted by Crippen LogP contribution is 2.25. The highest BCUT2D eigenvalue weighted by molar-refractivity contribution is 6.42. The van der Waals surface area contributed by atoms with Crippen molar-refractivity contribution in [1.82, 2.24) is 0 Å². The summed E-state index contributed by atoms with van der Waals surface area (Å²) >= 11 is 11.8. The summed E-state index contributed by atoms with van der Waals surface area (Å²) in [6, 6.07) is 11.2. The van der Waals surface area contributed by atoms with Crippen LogP contribution in [0.15, 0.2) is 51.7 Å². The molecule has 0 atom stereocenters. The molecule has 24 heavy (non-hydrogen) atoms. The molecule has 0 aliphatic heterocycles. The van der Waals surface area contributed by atoms with Gasteiger partial charge in [-0.2, -0.15) is 0 Å². The van der Waals surface area contributed by atoms with E-state index in [0.717, 1.165) is 5.56 Å². The first kappa shape index (κ1) is 16.4. The van der Waals surface area contributed by atoms with Gasteiger partial charge in [0.15, 0.2) is 0 Å². The minimum atomic E-state index is -1.33. The van der Waals surface area contributed by atoms with Gasteiger partial charge in [-0.05, 0) is 35.9 Å². The largest absolute Gasteiger partial charge is 0.489 e. The summed E-state index contributed by atoms with van der Waals surface area (Å²) in [5.74, 6) is -0.856. The van der Waals surface area contributed by atoms with Gasteiger partial charge in [0, 0.05) is 11.5 Å². The van der Waals surface area contributed by atoms with Crippen molar-refractivity contribution in [2.75, 3.05) is 0 Å². The maximum Gasteiger partial charge on any atom is 0.351 e. The highest BCUT2D eigenvalue weighted by Gasteiger charge is 2.12. The Labute approximate surface area is 146 Å². The molecule has 5 nitrogen and oxygen atoms in total. The molecule has 1 N–H and O–H groups in total. The Hall–Kier alpha value is -2.50. The van der Waals surface area contributed by atoms with Crippen LogP contribution in [0, 0.1) is 0 Å². The van der Waals surface area contributed by atoms with E-state index in [1.807, 2.05) is 0 Å². The number of rotatable bonds is 4. The second-order valence-corrected chi connectivity index (χ2v) is 5.80. The Morgan fingerprint density at radius 1 is 1.08 bits per heavy atom. The second-order valence-electron chi connectivity index (χ2n) is 4.99. The molecule has 0 bridgehead atoms. The van der Waals surface area contributed by atoms with Crippen LogP contribution in [0.4, 0.5) is 0 Å². The summed E-state index contributed by atoms with van der Waals surface area (Å²) in [6.45, 7) is 0.250. The number of carbonyl (C=O) groups is 1. The lowest BCUT2D eigenvalue weighted by Gasteiger charge is -2.08. The molecule has 1 aromatic heterocycles. The molecular formula is C17H10Cl2O5. The third-order valence-electron chi connectivity index (χ3n) is 3.33. The van der Waals surface area contributed by atoms with Crippen molar-refractivity contribution in [2.24, 2.45) is 0 Å². The molecule has 3 aromatic rings. The first-order valence-electron chi connectivity index (χ1n) is 6.82. The van der Waals surface area contributed by atoms with E-state index < -0.39 is 17.2 Å². The number of carboxylic acid groups (broad SMARTS) is 1. The third-order valence-corrected chi connectivity index (χ3v) is 4.07. The first-order valence-corrected chi connectivity index (χ1v) is 7.57. The molecule has 0 aliphatic rings. The zero-order valence-electron chi connectivity index (χ0n) is 12.1. The molecule has 0 spiro atoms. The molecule has 0 aliphatic carbocycles. The van der Waals surface area contributed by atoms with Gasteiger partial charge in [-0.15, -0.1) is 0 Å². The number of fused-ring (bicyclic) bond motifs is 1. The topological polar surface area (TPSA) is 76.7 Å². The number of carboxylic acids is 1. The smallest absolute Gasteiger partial charge is 0.351 e. The Kier molecular flexibility index (Phi) is 4.46. The quantitative estimate of drug-likeness (QED) is 0.695. The Morgan fingerprint density at radius 2 is 1.88 bits per heavy atom. The summed E-state index contributed by atoms with van der Waals surface area (Å²) < 4.78 is 10.7. The molecule has 3 rings (SSSR count). The number of benzene rings is 2. The summed E-state index contributed by atoms with van der Waals surface area (Å²) in [7, 11) is 0. The van der Waals surface area contributed by atoms with Gasteiger partial charge >= 0.3 is 11.6 Å². The molecule has 122 valence electrons. The maximum absolute atomic E-state index is 11.6. The van der Waals surface area contributed by atoms with Gasteiger partial charge in [-0.25, -0.2) is 9.59 Å². The number of hydrogen-bond acceptors (Lipinski definition) is 4. The van der Waals surface area contributed by atoms with Gasteiger partial charge in [0.05, 0.1) is 10.0 Å². The zero-order chi connectivity index (χ0) is 17.3. The van der Waals surface area contributed by atoms with E-state index >= 15 is 0 Å². The van der Waals surface area contributed by atoms with Gasteiger partial charge in [0.2, 0.25) is 0 Å². The van der Waals surface area contributed by atoms with Crippen molar-refractivity contribution in [1.29, 1.82) is 0 Å². The lowest BCUT2D eigenvalue weighted by molar-refractivity contribution is 0.0692. The van der Waals surface area contributed by atoms with Crippen molar-refractivity contribution in [3.63, 3.8) is 0 Å². The van der Waals surface area contributed by atoms with E-state index in [9.17, 15) is 9.59 Å². The lowest BCUT2D eigenvalue weighted by atomic mass is 10.2. The average Bonchev–Trinajstić information content (AvgIpc) is 2.55. The second kappa shape index (κ2) is 6.55. The van der Waals surface area contributed by atoms with Gasteiger partial charge in [0.25, 0.3) is 0 Å². The van der Waals surface area contributed by atoms with Crippen LogP contribution in [0.2, 0.25) is 10.0 Å². The Bertz CT molecular complexity index is 994. The molecule has 0 fully saturated rings. The highest BCUT2D eigenvalue weighted by atomic mass is 35.5. The van der Waals surface area contributed by atoms with Crippen molar-refractivity contribution in [3.05, 3.63) is 74.1 Å². The fraction of sp³-hybridized carbons (Fsp3) is 0.0588. The van der Waals surface area contributed by atoms with E-state index in [1.54, 1.807) is 30.3 Å².